The number of anilines is 1. The van der Waals surface area contributed by atoms with E-state index in [9.17, 15) is 4.79 Å². The molecule has 0 aliphatic carbocycles. The van der Waals surface area contributed by atoms with E-state index in [1.54, 1.807) is 0 Å². The van der Waals surface area contributed by atoms with E-state index in [0.717, 1.165) is 16.8 Å². The second kappa shape index (κ2) is 4.31. The summed E-state index contributed by atoms with van der Waals surface area (Å²) in [6, 6.07) is 17.1. The van der Waals surface area contributed by atoms with E-state index < -0.39 is 0 Å². The van der Waals surface area contributed by atoms with Gasteiger partial charge in [0.15, 0.2) is 0 Å². The van der Waals surface area contributed by atoms with Crippen LogP contribution in [0, 0.1) is 0 Å². The summed E-state index contributed by atoms with van der Waals surface area (Å²) in [4.78, 5) is 12.0. The number of hydrogen-bond donors (Lipinski definition) is 1. The van der Waals surface area contributed by atoms with Gasteiger partial charge in [-0.05, 0) is 11.6 Å². The third kappa shape index (κ3) is 1.71. The number of fused-ring (bicyclic) bond motifs is 1. The van der Waals surface area contributed by atoms with Gasteiger partial charge in [-0.15, -0.1) is 0 Å². The first-order chi connectivity index (χ1) is 8.77. The number of rotatable bonds is 1. The van der Waals surface area contributed by atoms with Gasteiger partial charge in [-0.1, -0.05) is 60.1 Å². The Morgan fingerprint density at radius 3 is 2.39 bits per heavy atom. The molecule has 1 aliphatic rings. The summed E-state index contributed by atoms with van der Waals surface area (Å²) < 4.78 is 0. The number of benzene rings is 2. The summed E-state index contributed by atoms with van der Waals surface area (Å²) in [5.41, 5.74) is 3.06. The monoisotopic (exact) mass is 255 g/mol. The molecule has 0 aromatic heterocycles. The Balaban J connectivity index is 2.20. The number of carbonyl (C=O) groups is 1. The zero-order valence-corrected chi connectivity index (χ0v) is 10.2. The fraction of sp³-hybridized carbons (Fsp3) is 0. The number of hydrogen-bond acceptors (Lipinski definition) is 1. The van der Waals surface area contributed by atoms with Crippen molar-refractivity contribution in [2.75, 3.05) is 5.32 Å². The molecule has 18 heavy (non-hydrogen) atoms. The third-order valence-electron chi connectivity index (χ3n) is 2.92. The highest BCUT2D eigenvalue weighted by Crippen LogP contribution is 2.38. The van der Waals surface area contributed by atoms with Crippen LogP contribution in [-0.2, 0) is 4.79 Å². The van der Waals surface area contributed by atoms with Gasteiger partial charge in [-0.3, -0.25) is 4.79 Å². The lowest BCUT2D eigenvalue weighted by Gasteiger charge is -2.03. The molecule has 0 atom stereocenters. The van der Waals surface area contributed by atoms with E-state index in [4.69, 9.17) is 11.6 Å². The minimum absolute atomic E-state index is 0.148. The summed E-state index contributed by atoms with van der Waals surface area (Å²) in [5.74, 6) is -0.148. The van der Waals surface area contributed by atoms with Crippen molar-refractivity contribution >= 4 is 33.8 Å². The van der Waals surface area contributed by atoms with Gasteiger partial charge in [-0.25, -0.2) is 0 Å². The molecule has 3 rings (SSSR count). The fourth-order valence-electron chi connectivity index (χ4n) is 2.06. The van der Waals surface area contributed by atoms with Crippen molar-refractivity contribution in [3.05, 3.63) is 65.7 Å². The molecule has 0 radical (unpaired) electrons. The molecule has 3 heteroatoms. The van der Waals surface area contributed by atoms with Crippen LogP contribution < -0.4 is 5.32 Å². The molecule has 88 valence electrons. The maximum atomic E-state index is 12.0. The molecule has 1 aliphatic heterocycles. The summed E-state index contributed by atoms with van der Waals surface area (Å²) in [7, 11) is 0. The zero-order chi connectivity index (χ0) is 12.5. The van der Waals surface area contributed by atoms with Crippen molar-refractivity contribution in [1.82, 2.24) is 0 Å². The standard InChI is InChI=1S/C15H10ClNO/c16-14(10-6-2-1-3-7-10)13-11-8-4-5-9-12(11)17-15(13)18/h1-9H,(H,17,18)/b14-13-. The van der Waals surface area contributed by atoms with Crippen molar-refractivity contribution in [2.24, 2.45) is 0 Å². The molecule has 1 amide bonds. The van der Waals surface area contributed by atoms with E-state index in [-0.39, 0.29) is 5.91 Å². The maximum Gasteiger partial charge on any atom is 0.257 e. The number of nitrogens with one attached hydrogen (secondary N) is 1. The SMILES string of the molecule is O=C1Nc2ccccc2/C1=C(/Cl)c1ccccc1. The second-order valence-corrected chi connectivity index (χ2v) is 4.43. The normalized spacial score (nSPS) is 16.2. The average Bonchev–Trinajstić information content (AvgIpc) is 2.75. The molecule has 1 N–H and O–H groups in total. The van der Waals surface area contributed by atoms with Crippen LogP contribution in [0.1, 0.15) is 11.1 Å². The van der Waals surface area contributed by atoms with Crippen LogP contribution in [-0.4, -0.2) is 5.91 Å². The van der Waals surface area contributed by atoms with Gasteiger partial charge in [0, 0.05) is 11.3 Å². The number of halogens is 1. The van der Waals surface area contributed by atoms with Crippen LogP contribution >= 0.6 is 11.6 Å². The van der Waals surface area contributed by atoms with Crippen LogP contribution in [0.2, 0.25) is 0 Å². The first-order valence-corrected chi connectivity index (χ1v) is 6.01. The van der Waals surface area contributed by atoms with Gasteiger partial charge in [-0.2, -0.15) is 0 Å². The molecule has 1 heterocycles. The number of para-hydroxylation sites is 1. The van der Waals surface area contributed by atoms with Crippen molar-refractivity contribution < 1.29 is 4.79 Å². The molecule has 0 fully saturated rings. The lowest BCUT2D eigenvalue weighted by atomic mass is 10.0. The molecule has 0 saturated heterocycles. The largest absolute Gasteiger partial charge is 0.321 e. The molecule has 2 nitrogen and oxygen atoms in total. The zero-order valence-electron chi connectivity index (χ0n) is 9.48. The average molecular weight is 256 g/mol. The Bertz CT molecular complexity index is 647. The third-order valence-corrected chi connectivity index (χ3v) is 3.33. The molecule has 2 aromatic carbocycles. The molecule has 0 saturated carbocycles. The minimum atomic E-state index is -0.148. The van der Waals surface area contributed by atoms with E-state index in [0.29, 0.717) is 10.6 Å². The van der Waals surface area contributed by atoms with E-state index >= 15 is 0 Å². The summed E-state index contributed by atoms with van der Waals surface area (Å²) in [6.45, 7) is 0. The smallest absolute Gasteiger partial charge is 0.257 e. The quantitative estimate of drug-likeness (QED) is 0.773. The fourth-order valence-corrected chi connectivity index (χ4v) is 2.38. The molecule has 0 spiro atoms. The van der Waals surface area contributed by atoms with Gasteiger partial charge in [0.2, 0.25) is 0 Å². The molecular formula is C15H10ClNO. The highest BCUT2D eigenvalue weighted by Gasteiger charge is 2.26. The van der Waals surface area contributed by atoms with E-state index in [1.807, 2.05) is 54.6 Å². The van der Waals surface area contributed by atoms with Crippen molar-refractivity contribution in [3.8, 4) is 0 Å². The maximum absolute atomic E-state index is 12.0. The van der Waals surface area contributed by atoms with Crippen molar-refractivity contribution in [1.29, 1.82) is 0 Å². The minimum Gasteiger partial charge on any atom is -0.321 e. The molecule has 0 unspecified atom stereocenters. The number of carbonyl (C=O) groups excluding carboxylic acids is 1. The second-order valence-electron chi connectivity index (χ2n) is 4.05. The van der Waals surface area contributed by atoms with E-state index in [1.165, 1.54) is 0 Å². The highest BCUT2D eigenvalue weighted by molar-refractivity contribution is 6.59. The van der Waals surface area contributed by atoms with Gasteiger partial charge in [0.1, 0.15) is 0 Å². The highest BCUT2D eigenvalue weighted by atomic mass is 35.5. The Labute approximate surface area is 110 Å². The van der Waals surface area contributed by atoms with Gasteiger partial charge >= 0.3 is 0 Å². The Morgan fingerprint density at radius 2 is 1.61 bits per heavy atom. The van der Waals surface area contributed by atoms with Crippen LogP contribution in [0.5, 0.6) is 0 Å². The van der Waals surface area contributed by atoms with Crippen molar-refractivity contribution in [3.63, 3.8) is 0 Å². The topological polar surface area (TPSA) is 29.1 Å². The lowest BCUT2D eigenvalue weighted by molar-refractivity contribution is -0.110. The predicted octanol–water partition coefficient (Wildman–Crippen LogP) is 3.75. The van der Waals surface area contributed by atoms with Crippen LogP contribution in [0.15, 0.2) is 54.6 Å². The Kier molecular flexibility index (Phi) is 2.65. The predicted molar refractivity (Wildman–Crippen MR) is 74.2 cm³/mol. The Hall–Kier alpha value is -2.06. The summed E-state index contributed by atoms with van der Waals surface area (Å²) in [5, 5.41) is 3.30. The van der Waals surface area contributed by atoms with Crippen LogP contribution in [0.25, 0.3) is 10.6 Å². The van der Waals surface area contributed by atoms with Crippen molar-refractivity contribution in [2.45, 2.75) is 0 Å². The Morgan fingerprint density at radius 1 is 0.944 bits per heavy atom. The van der Waals surface area contributed by atoms with Crippen LogP contribution in [0.3, 0.4) is 0 Å². The molecule has 0 bridgehead atoms. The summed E-state index contributed by atoms with van der Waals surface area (Å²) >= 11 is 6.35. The van der Waals surface area contributed by atoms with Gasteiger partial charge in [0.25, 0.3) is 5.91 Å². The van der Waals surface area contributed by atoms with Gasteiger partial charge in [0.05, 0.1) is 10.6 Å². The lowest BCUT2D eigenvalue weighted by Crippen LogP contribution is -2.04. The first-order valence-electron chi connectivity index (χ1n) is 5.63. The van der Waals surface area contributed by atoms with Crippen LogP contribution in [0.4, 0.5) is 5.69 Å². The molecule has 2 aromatic rings. The first kappa shape index (κ1) is 11.1. The number of amides is 1. The molecular weight excluding hydrogens is 246 g/mol. The summed E-state index contributed by atoms with van der Waals surface area (Å²) in [6.07, 6.45) is 0. The van der Waals surface area contributed by atoms with Gasteiger partial charge < -0.3 is 5.32 Å². The van der Waals surface area contributed by atoms with E-state index in [2.05, 4.69) is 5.32 Å².